The Kier molecular flexibility index (Phi) is 8.71. The largest absolute Gasteiger partial charge is 0.497 e. The second-order valence-corrected chi connectivity index (χ2v) is 10.1. The van der Waals surface area contributed by atoms with Crippen LogP contribution < -0.4 is 31.2 Å². The summed E-state index contributed by atoms with van der Waals surface area (Å²) >= 11 is 0.543. The number of benzene rings is 2. The van der Waals surface area contributed by atoms with E-state index in [1.165, 1.54) is 32.4 Å². The van der Waals surface area contributed by atoms with Crippen molar-refractivity contribution >= 4 is 40.6 Å². The molecule has 1 unspecified atom stereocenters. The first-order chi connectivity index (χ1) is 19.5. The van der Waals surface area contributed by atoms with Gasteiger partial charge in [-0.2, -0.15) is 17.5 Å². The highest BCUT2D eigenvalue weighted by Gasteiger charge is 2.40. The lowest BCUT2D eigenvalue weighted by molar-refractivity contribution is -0.137. The number of hydrogen-bond donors (Lipinski definition) is 3. The Labute approximate surface area is 237 Å². The zero-order valence-electron chi connectivity index (χ0n) is 22.2. The topological polar surface area (TPSA) is 150 Å². The van der Waals surface area contributed by atoms with Crippen LogP contribution in [-0.4, -0.2) is 42.4 Å². The third-order valence-electron chi connectivity index (χ3n) is 6.77. The number of amides is 3. The highest BCUT2D eigenvalue weighted by Crippen LogP contribution is 2.40. The minimum Gasteiger partial charge on any atom is -0.497 e. The summed E-state index contributed by atoms with van der Waals surface area (Å²) in [6.07, 6.45) is -1.56. The molecule has 0 saturated heterocycles. The smallest absolute Gasteiger partial charge is 0.416 e. The lowest BCUT2D eigenvalue weighted by atomic mass is 9.99. The molecule has 5 N–H and O–H groups in total. The number of nitrogens with zero attached hydrogens (tertiary/aromatic N) is 2. The number of carbonyl (C=O) groups excluding carboxylic acids is 3. The summed E-state index contributed by atoms with van der Waals surface area (Å²) < 4.78 is 56.1. The number of ether oxygens (including phenoxy) is 2. The molecule has 41 heavy (non-hydrogen) atoms. The summed E-state index contributed by atoms with van der Waals surface area (Å²) in [5.74, 6) is -2.13. The number of anilines is 2. The van der Waals surface area contributed by atoms with Gasteiger partial charge in [0.2, 0.25) is 5.91 Å². The fourth-order valence-corrected chi connectivity index (χ4v) is 5.50. The van der Waals surface area contributed by atoms with Gasteiger partial charge in [-0.05, 0) is 60.8 Å². The average molecular weight is 592 g/mol. The van der Waals surface area contributed by atoms with Crippen LogP contribution in [0, 0.1) is 0 Å². The van der Waals surface area contributed by atoms with Crippen molar-refractivity contribution in [1.29, 1.82) is 0 Å². The van der Waals surface area contributed by atoms with Gasteiger partial charge in [-0.15, -0.1) is 0 Å². The van der Waals surface area contributed by atoms with Gasteiger partial charge in [-0.25, -0.2) is 0 Å². The number of primary amides is 1. The number of nitrogens with two attached hydrogens (primary N) is 2. The number of hydrogen-bond acceptors (Lipinski definition) is 8. The molecule has 1 aliphatic rings. The van der Waals surface area contributed by atoms with Gasteiger partial charge in [0.1, 0.15) is 22.4 Å². The predicted molar refractivity (Wildman–Crippen MR) is 146 cm³/mol. The number of methoxy groups -OCH3 is 2. The van der Waals surface area contributed by atoms with Crippen molar-refractivity contribution in [1.82, 2.24) is 9.69 Å². The molecule has 14 heteroatoms. The van der Waals surface area contributed by atoms with Gasteiger partial charge in [-0.3, -0.25) is 19.3 Å². The van der Waals surface area contributed by atoms with Crippen molar-refractivity contribution in [2.45, 2.75) is 43.9 Å². The van der Waals surface area contributed by atoms with Gasteiger partial charge in [0.15, 0.2) is 5.69 Å². The minimum atomic E-state index is -4.75. The van der Waals surface area contributed by atoms with E-state index in [0.717, 1.165) is 35.9 Å². The van der Waals surface area contributed by atoms with Crippen molar-refractivity contribution in [2.75, 3.05) is 24.9 Å². The number of rotatable bonds is 9. The maximum absolute atomic E-state index is 14.2. The molecule has 0 bridgehead atoms. The van der Waals surface area contributed by atoms with Crippen LogP contribution >= 0.6 is 11.5 Å². The van der Waals surface area contributed by atoms with Crippen LogP contribution in [0.15, 0.2) is 42.5 Å². The van der Waals surface area contributed by atoms with Gasteiger partial charge >= 0.3 is 6.18 Å². The normalized spacial score (nSPS) is 14.4. The zero-order valence-corrected chi connectivity index (χ0v) is 23.0. The van der Waals surface area contributed by atoms with Crippen LogP contribution in [-0.2, 0) is 11.0 Å². The van der Waals surface area contributed by atoms with E-state index in [1.807, 2.05) is 0 Å². The minimum absolute atomic E-state index is 0.145. The Bertz CT molecular complexity index is 1460. The average Bonchev–Trinajstić information content (AvgIpc) is 3.60. The van der Waals surface area contributed by atoms with Crippen LogP contribution in [0.1, 0.15) is 63.0 Å². The summed E-state index contributed by atoms with van der Waals surface area (Å²) in [5.41, 5.74) is 9.49. The molecule has 4 rings (SSSR count). The van der Waals surface area contributed by atoms with E-state index >= 15 is 0 Å². The van der Waals surface area contributed by atoms with Gasteiger partial charge in [0.25, 0.3) is 11.8 Å². The highest BCUT2D eigenvalue weighted by molar-refractivity contribution is 7.09. The lowest BCUT2D eigenvalue weighted by Crippen LogP contribution is -2.46. The summed E-state index contributed by atoms with van der Waals surface area (Å²) in [7, 11) is 2.76. The monoisotopic (exact) mass is 591 g/mol. The maximum atomic E-state index is 14.2. The highest BCUT2D eigenvalue weighted by atomic mass is 32.1. The third kappa shape index (κ3) is 6.21. The predicted octanol–water partition coefficient (Wildman–Crippen LogP) is 4.31. The maximum Gasteiger partial charge on any atom is 0.416 e. The van der Waals surface area contributed by atoms with E-state index in [9.17, 15) is 27.6 Å². The van der Waals surface area contributed by atoms with E-state index in [0.29, 0.717) is 30.1 Å². The van der Waals surface area contributed by atoms with E-state index in [4.69, 9.17) is 20.9 Å². The standard InChI is InChI=1S/C27H28F3N5O5S/c1-39-17-10-11-19(40-2)18(13-17)22(25(37)33-15-7-3-4-8-15)35(16-9-5-6-14(12-16)27(28,29)30)26(38)23-20(31)21(24(32)36)34-41-23/h5-6,9-13,15,22H,3-4,7-8,31H2,1-2H3,(H2,32,36)(H,33,37). The Morgan fingerprint density at radius 1 is 1.10 bits per heavy atom. The number of halogens is 3. The number of alkyl halides is 3. The summed E-state index contributed by atoms with van der Waals surface area (Å²) in [4.78, 5) is 40.7. The molecule has 0 radical (unpaired) electrons. The van der Waals surface area contributed by atoms with Gasteiger partial charge in [0, 0.05) is 17.3 Å². The molecule has 1 saturated carbocycles. The zero-order chi connectivity index (χ0) is 29.9. The molecular weight excluding hydrogens is 563 g/mol. The molecule has 218 valence electrons. The molecule has 0 aliphatic heterocycles. The van der Waals surface area contributed by atoms with E-state index in [2.05, 4.69) is 9.69 Å². The first-order valence-electron chi connectivity index (χ1n) is 12.5. The molecule has 1 aromatic heterocycles. The van der Waals surface area contributed by atoms with Gasteiger partial charge in [0.05, 0.1) is 25.5 Å². The Balaban J connectivity index is 1.98. The number of nitrogens with one attached hydrogen (secondary N) is 1. The molecule has 3 amide bonds. The lowest BCUT2D eigenvalue weighted by Gasteiger charge is -2.33. The summed E-state index contributed by atoms with van der Waals surface area (Å²) in [5, 5.41) is 2.94. The van der Waals surface area contributed by atoms with E-state index in [-0.39, 0.29) is 39.3 Å². The Morgan fingerprint density at radius 2 is 1.80 bits per heavy atom. The number of aromatic nitrogens is 1. The van der Waals surface area contributed by atoms with E-state index < -0.39 is 35.5 Å². The quantitative estimate of drug-likeness (QED) is 0.336. The van der Waals surface area contributed by atoms with Crippen molar-refractivity contribution in [3.63, 3.8) is 0 Å². The SMILES string of the molecule is COc1ccc(OC)c(C(C(=O)NC2CCCC2)N(C(=O)c2snc(C(N)=O)c2N)c2cccc(C(F)(F)F)c2)c1. The van der Waals surface area contributed by atoms with Crippen LogP contribution in [0.3, 0.4) is 0 Å². The Hall–Kier alpha value is -4.33. The molecule has 2 aromatic carbocycles. The van der Waals surface area contributed by atoms with Crippen LogP contribution in [0.5, 0.6) is 11.5 Å². The molecular formula is C27H28F3N5O5S. The molecule has 1 aliphatic carbocycles. The van der Waals surface area contributed by atoms with Crippen molar-refractivity contribution in [3.05, 3.63) is 64.2 Å². The van der Waals surface area contributed by atoms with Crippen LogP contribution in [0.2, 0.25) is 0 Å². The van der Waals surface area contributed by atoms with Crippen LogP contribution in [0.25, 0.3) is 0 Å². The van der Waals surface area contributed by atoms with Crippen LogP contribution in [0.4, 0.5) is 24.5 Å². The van der Waals surface area contributed by atoms with Crippen molar-refractivity contribution in [2.24, 2.45) is 5.73 Å². The summed E-state index contributed by atoms with van der Waals surface area (Å²) in [6, 6.07) is 6.81. The van der Waals surface area contributed by atoms with Gasteiger partial charge < -0.3 is 26.3 Å². The molecule has 1 atom stereocenters. The second kappa shape index (κ2) is 12.0. The summed E-state index contributed by atoms with van der Waals surface area (Å²) in [6.45, 7) is 0. The fourth-order valence-electron chi connectivity index (χ4n) is 4.76. The molecule has 1 fully saturated rings. The molecule has 1 heterocycles. The molecule has 0 spiro atoms. The van der Waals surface area contributed by atoms with Gasteiger partial charge in [-0.1, -0.05) is 18.9 Å². The molecule has 10 nitrogen and oxygen atoms in total. The van der Waals surface area contributed by atoms with E-state index in [1.54, 1.807) is 6.07 Å². The Morgan fingerprint density at radius 3 is 2.39 bits per heavy atom. The first-order valence-corrected chi connectivity index (χ1v) is 13.3. The number of nitrogen functional groups attached to an aromatic ring is 1. The van der Waals surface area contributed by atoms with Crippen molar-refractivity contribution < 1.29 is 37.0 Å². The third-order valence-corrected chi connectivity index (χ3v) is 7.62. The molecule has 3 aromatic rings. The second-order valence-electron chi connectivity index (χ2n) is 9.36. The fraction of sp³-hybridized carbons (Fsp3) is 0.333. The first kappa shape index (κ1) is 29.6. The number of carbonyl (C=O) groups is 3. The van der Waals surface area contributed by atoms with Crippen molar-refractivity contribution in [3.8, 4) is 11.5 Å².